The molecule has 0 aromatic heterocycles. The Bertz CT molecular complexity index is 531. The Kier molecular flexibility index (Phi) is 7.35. The van der Waals surface area contributed by atoms with E-state index in [1.807, 2.05) is 0 Å². The van der Waals surface area contributed by atoms with Crippen LogP contribution < -0.4 is 5.32 Å². The Balaban J connectivity index is 2.64. The van der Waals surface area contributed by atoms with E-state index in [2.05, 4.69) is 5.32 Å². The third-order valence-electron chi connectivity index (χ3n) is 2.90. The molecule has 0 saturated carbocycles. The van der Waals surface area contributed by atoms with Crippen LogP contribution in [0.3, 0.4) is 0 Å². The Morgan fingerprint density at radius 3 is 2.52 bits per heavy atom. The molecule has 7 heteroatoms. The van der Waals surface area contributed by atoms with Gasteiger partial charge in [-0.15, -0.1) is 0 Å². The number of sulfonamides is 1. The number of amides is 1. The topological polar surface area (TPSA) is 75.7 Å². The molecule has 0 heterocycles. The van der Waals surface area contributed by atoms with Crippen LogP contribution in [0.5, 0.6) is 0 Å². The highest BCUT2D eigenvalue weighted by Crippen LogP contribution is 2.14. The van der Waals surface area contributed by atoms with Gasteiger partial charge < -0.3 is 10.1 Å². The zero-order valence-electron chi connectivity index (χ0n) is 12.4. The van der Waals surface area contributed by atoms with Gasteiger partial charge in [-0.2, -0.15) is 4.31 Å². The summed E-state index contributed by atoms with van der Waals surface area (Å²) in [5.74, 6) is -0.313. The molecule has 1 amide bonds. The fraction of sp³-hybridized carbons (Fsp3) is 0.500. The van der Waals surface area contributed by atoms with Crippen LogP contribution >= 0.6 is 0 Å². The standard InChI is InChI=1S/C14H22N2O4S/c1-3-16(12-14(17)15-10-7-11-20-2)21(18,19)13-8-5-4-6-9-13/h4-6,8-9H,3,7,10-12H2,1-2H3,(H,15,17). The van der Waals surface area contributed by atoms with Crippen LogP contribution in [-0.4, -0.2) is 52.0 Å². The second-order valence-electron chi connectivity index (χ2n) is 4.44. The van der Waals surface area contributed by atoms with Crippen molar-refractivity contribution in [2.24, 2.45) is 0 Å². The Hall–Kier alpha value is -1.44. The van der Waals surface area contributed by atoms with E-state index >= 15 is 0 Å². The minimum Gasteiger partial charge on any atom is -0.385 e. The quantitative estimate of drug-likeness (QED) is 0.686. The van der Waals surface area contributed by atoms with Crippen molar-refractivity contribution in [1.82, 2.24) is 9.62 Å². The molecule has 0 aliphatic rings. The van der Waals surface area contributed by atoms with Gasteiger partial charge in [0.1, 0.15) is 0 Å². The van der Waals surface area contributed by atoms with Crippen molar-refractivity contribution < 1.29 is 17.9 Å². The molecule has 0 radical (unpaired) electrons. The Labute approximate surface area is 126 Å². The number of likely N-dealkylation sites (N-methyl/N-ethyl adjacent to an activating group) is 1. The average Bonchev–Trinajstić information content (AvgIpc) is 2.50. The summed E-state index contributed by atoms with van der Waals surface area (Å²) in [7, 11) is -2.04. The summed E-state index contributed by atoms with van der Waals surface area (Å²) < 4.78 is 30.8. The first-order valence-electron chi connectivity index (χ1n) is 6.83. The summed E-state index contributed by atoms with van der Waals surface area (Å²) in [6.45, 7) is 2.79. The molecule has 0 saturated heterocycles. The van der Waals surface area contributed by atoms with Gasteiger partial charge in [0.05, 0.1) is 11.4 Å². The van der Waals surface area contributed by atoms with Gasteiger partial charge in [0.25, 0.3) is 0 Å². The second-order valence-corrected chi connectivity index (χ2v) is 6.38. The van der Waals surface area contributed by atoms with Crippen molar-refractivity contribution in [2.75, 3.05) is 33.4 Å². The highest BCUT2D eigenvalue weighted by Gasteiger charge is 2.24. The molecule has 118 valence electrons. The van der Waals surface area contributed by atoms with E-state index in [0.29, 0.717) is 19.6 Å². The number of benzene rings is 1. The predicted molar refractivity (Wildman–Crippen MR) is 80.4 cm³/mol. The number of rotatable bonds is 9. The lowest BCUT2D eigenvalue weighted by molar-refractivity contribution is -0.121. The SMILES string of the molecule is CCN(CC(=O)NCCCOC)S(=O)(=O)c1ccccc1. The lowest BCUT2D eigenvalue weighted by Crippen LogP contribution is -2.40. The molecule has 1 N–H and O–H groups in total. The van der Waals surface area contributed by atoms with E-state index < -0.39 is 10.0 Å². The number of carbonyl (C=O) groups is 1. The number of hydrogen-bond acceptors (Lipinski definition) is 4. The maximum Gasteiger partial charge on any atom is 0.243 e. The summed E-state index contributed by atoms with van der Waals surface area (Å²) in [4.78, 5) is 12.0. The van der Waals surface area contributed by atoms with Crippen LogP contribution in [0.4, 0.5) is 0 Å². The van der Waals surface area contributed by atoms with E-state index in [4.69, 9.17) is 4.74 Å². The summed E-state index contributed by atoms with van der Waals surface area (Å²) >= 11 is 0. The second kappa shape index (κ2) is 8.76. The van der Waals surface area contributed by atoms with E-state index in [1.54, 1.807) is 32.2 Å². The molecular weight excluding hydrogens is 292 g/mol. The van der Waals surface area contributed by atoms with Crippen LogP contribution in [-0.2, 0) is 19.6 Å². The van der Waals surface area contributed by atoms with Gasteiger partial charge in [-0.3, -0.25) is 4.79 Å². The minimum atomic E-state index is -3.63. The molecule has 0 aliphatic heterocycles. The van der Waals surface area contributed by atoms with E-state index in [0.717, 1.165) is 4.31 Å². The van der Waals surface area contributed by atoms with Crippen molar-refractivity contribution in [3.05, 3.63) is 30.3 Å². The molecule has 0 bridgehead atoms. The van der Waals surface area contributed by atoms with Crippen molar-refractivity contribution in [3.8, 4) is 0 Å². The molecule has 21 heavy (non-hydrogen) atoms. The molecule has 1 rings (SSSR count). The molecule has 1 aromatic carbocycles. The lowest BCUT2D eigenvalue weighted by Gasteiger charge is -2.20. The first-order chi connectivity index (χ1) is 10.0. The number of hydrogen-bond donors (Lipinski definition) is 1. The van der Waals surface area contributed by atoms with Gasteiger partial charge in [-0.25, -0.2) is 8.42 Å². The largest absolute Gasteiger partial charge is 0.385 e. The number of methoxy groups -OCH3 is 1. The van der Waals surface area contributed by atoms with Gasteiger partial charge in [0.15, 0.2) is 0 Å². The predicted octanol–water partition coefficient (Wildman–Crippen LogP) is 0.850. The van der Waals surface area contributed by atoms with Gasteiger partial charge >= 0.3 is 0 Å². The molecule has 0 unspecified atom stereocenters. The zero-order chi connectivity index (χ0) is 15.7. The number of ether oxygens (including phenoxy) is 1. The Morgan fingerprint density at radius 1 is 1.29 bits per heavy atom. The van der Waals surface area contributed by atoms with Crippen molar-refractivity contribution in [3.63, 3.8) is 0 Å². The van der Waals surface area contributed by atoms with Crippen LogP contribution in [0.2, 0.25) is 0 Å². The van der Waals surface area contributed by atoms with E-state index in [9.17, 15) is 13.2 Å². The highest BCUT2D eigenvalue weighted by atomic mass is 32.2. The Morgan fingerprint density at radius 2 is 1.95 bits per heavy atom. The number of carbonyl (C=O) groups excluding carboxylic acids is 1. The molecule has 0 spiro atoms. The van der Waals surface area contributed by atoms with Crippen molar-refractivity contribution in [2.45, 2.75) is 18.2 Å². The van der Waals surface area contributed by atoms with Crippen LogP contribution in [0.25, 0.3) is 0 Å². The number of nitrogens with one attached hydrogen (secondary N) is 1. The normalized spacial score (nSPS) is 11.6. The van der Waals surface area contributed by atoms with Gasteiger partial charge in [0.2, 0.25) is 15.9 Å². The maximum absolute atomic E-state index is 12.4. The summed E-state index contributed by atoms with van der Waals surface area (Å²) in [6.07, 6.45) is 0.694. The minimum absolute atomic E-state index is 0.180. The van der Waals surface area contributed by atoms with Gasteiger partial charge in [-0.1, -0.05) is 25.1 Å². The molecule has 0 atom stereocenters. The summed E-state index contributed by atoms with van der Waals surface area (Å²) in [5.41, 5.74) is 0. The van der Waals surface area contributed by atoms with Crippen molar-refractivity contribution in [1.29, 1.82) is 0 Å². The van der Waals surface area contributed by atoms with Crippen molar-refractivity contribution >= 4 is 15.9 Å². The fourth-order valence-corrected chi connectivity index (χ4v) is 3.20. The van der Waals surface area contributed by atoms with Crippen LogP contribution in [0.15, 0.2) is 35.2 Å². The van der Waals surface area contributed by atoms with E-state index in [-0.39, 0.29) is 23.9 Å². The fourth-order valence-electron chi connectivity index (χ4n) is 1.77. The lowest BCUT2D eigenvalue weighted by atomic mass is 10.4. The van der Waals surface area contributed by atoms with E-state index in [1.165, 1.54) is 12.1 Å². The first kappa shape index (κ1) is 17.6. The average molecular weight is 314 g/mol. The van der Waals surface area contributed by atoms with Crippen LogP contribution in [0.1, 0.15) is 13.3 Å². The molecule has 6 nitrogen and oxygen atoms in total. The third-order valence-corrected chi connectivity index (χ3v) is 4.84. The number of nitrogens with zero attached hydrogens (tertiary/aromatic N) is 1. The first-order valence-corrected chi connectivity index (χ1v) is 8.27. The molecular formula is C14H22N2O4S. The molecule has 0 fully saturated rings. The monoisotopic (exact) mass is 314 g/mol. The highest BCUT2D eigenvalue weighted by molar-refractivity contribution is 7.89. The summed E-state index contributed by atoms with van der Waals surface area (Å²) in [6, 6.07) is 8.11. The van der Waals surface area contributed by atoms with Crippen LogP contribution in [0, 0.1) is 0 Å². The maximum atomic E-state index is 12.4. The molecule has 1 aromatic rings. The van der Waals surface area contributed by atoms with Gasteiger partial charge in [0, 0.05) is 26.8 Å². The van der Waals surface area contributed by atoms with Gasteiger partial charge in [-0.05, 0) is 18.6 Å². The summed E-state index contributed by atoms with van der Waals surface area (Å²) in [5, 5.41) is 2.68. The molecule has 0 aliphatic carbocycles. The zero-order valence-corrected chi connectivity index (χ0v) is 13.2. The third kappa shape index (κ3) is 5.45. The smallest absolute Gasteiger partial charge is 0.243 e.